The van der Waals surface area contributed by atoms with Crippen molar-refractivity contribution in [3.8, 4) is 22.5 Å². The molecule has 0 saturated carbocycles. The Morgan fingerprint density at radius 3 is 2.47 bits per heavy atom. The van der Waals surface area contributed by atoms with E-state index in [-0.39, 0.29) is 16.5 Å². The van der Waals surface area contributed by atoms with E-state index in [1.165, 1.54) is 6.20 Å². The van der Waals surface area contributed by atoms with Gasteiger partial charge in [-0.3, -0.25) is 9.69 Å². The third-order valence-corrected chi connectivity index (χ3v) is 7.84. The van der Waals surface area contributed by atoms with Gasteiger partial charge in [-0.2, -0.15) is 9.94 Å². The molecule has 5 aromatic rings. The highest BCUT2D eigenvalue weighted by Gasteiger charge is 2.28. The SMILES string of the molecule is CCCCc1nc(Cl)c(C(=O)c2ccc(CN(CC)CC)c[n+]2[O-])n1Cc1ccc(-c2ccccc2)c(-c2nn[nH]n2)c1. The summed E-state index contributed by atoms with van der Waals surface area (Å²) in [6.07, 6.45) is 3.95. The maximum Gasteiger partial charge on any atom is 0.277 e. The summed E-state index contributed by atoms with van der Waals surface area (Å²) in [4.78, 5) is 20.7. The van der Waals surface area contributed by atoms with Gasteiger partial charge in [0.25, 0.3) is 11.5 Å². The molecule has 0 unspecified atom stereocenters. The van der Waals surface area contributed by atoms with E-state index in [0.717, 1.165) is 53.7 Å². The van der Waals surface area contributed by atoms with Gasteiger partial charge in [-0.05, 0) is 53.5 Å². The van der Waals surface area contributed by atoms with Crippen molar-refractivity contribution < 1.29 is 9.52 Å². The Bertz CT molecular complexity index is 1680. The zero-order chi connectivity index (χ0) is 30.3. The van der Waals surface area contributed by atoms with Gasteiger partial charge >= 0.3 is 0 Å². The van der Waals surface area contributed by atoms with Crippen LogP contribution >= 0.6 is 11.6 Å². The van der Waals surface area contributed by atoms with Gasteiger partial charge in [0.1, 0.15) is 11.5 Å². The molecule has 0 spiro atoms. The minimum absolute atomic E-state index is 0.000278. The number of aromatic amines is 1. The van der Waals surface area contributed by atoms with Gasteiger partial charge < -0.3 is 9.77 Å². The number of nitrogens with zero attached hydrogens (tertiary/aromatic N) is 7. The fourth-order valence-corrected chi connectivity index (χ4v) is 5.49. The van der Waals surface area contributed by atoms with Crippen molar-refractivity contribution in [2.24, 2.45) is 0 Å². The largest absolute Gasteiger partial charge is 0.618 e. The molecule has 3 aromatic heterocycles. The zero-order valence-corrected chi connectivity index (χ0v) is 25.4. The number of aromatic nitrogens is 7. The third kappa shape index (κ3) is 6.65. The molecule has 0 saturated heterocycles. The molecule has 0 bridgehead atoms. The van der Waals surface area contributed by atoms with E-state index in [9.17, 15) is 10.0 Å². The van der Waals surface area contributed by atoms with Gasteiger partial charge in [0, 0.05) is 36.7 Å². The van der Waals surface area contributed by atoms with Crippen LogP contribution in [0.1, 0.15) is 66.7 Å². The van der Waals surface area contributed by atoms with E-state index in [0.29, 0.717) is 35.9 Å². The Kier molecular flexibility index (Phi) is 9.58. The zero-order valence-electron chi connectivity index (χ0n) is 24.6. The molecular weight excluding hydrogens is 564 g/mol. The van der Waals surface area contributed by atoms with E-state index >= 15 is 0 Å². The molecule has 11 heteroatoms. The minimum atomic E-state index is -0.469. The summed E-state index contributed by atoms with van der Waals surface area (Å²) in [5, 5.41) is 28.0. The molecule has 5 rings (SSSR count). The van der Waals surface area contributed by atoms with Crippen molar-refractivity contribution in [1.82, 2.24) is 35.1 Å². The number of ketones is 1. The van der Waals surface area contributed by atoms with E-state index in [1.807, 2.05) is 59.2 Å². The molecule has 0 atom stereocenters. The van der Waals surface area contributed by atoms with Crippen LogP contribution in [-0.2, 0) is 19.5 Å². The predicted octanol–water partition coefficient (Wildman–Crippen LogP) is 5.48. The summed E-state index contributed by atoms with van der Waals surface area (Å²) >= 11 is 6.64. The minimum Gasteiger partial charge on any atom is -0.618 e. The van der Waals surface area contributed by atoms with Crippen LogP contribution in [0.5, 0.6) is 0 Å². The number of carbonyl (C=O) groups is 1. The molecule has 0 radical (unpaired) electrons. The van der Waals surface area contributed by atoms with Gasteiger partial charge in [0.2, 0.25) is 5.82 Å². The number of tetrazole rings is 1. The molecule has 0 amide bonds. The number of halogens is 1. The van der Waals surface area contributed by atoms with Gasteiger partial charge in [-0.25, -0.2) is 4.98 Å². The summed E-state index contributed by atoms with van der Waals surface area (Å²) in [5.41, 5.74) is 4.70. The Morgan fingerprint density at radius 2 is 1.79 bits per heavy atom. The van der Waals surface area contributed by atoms with Crippen LogP contribution < -0.4 is 4.73 Å². The van der Waals surface area contributed by atoms with E-state index < -0.39 is 5.78 Å². The Morgan fingerprint density at radius 1 is 1.02 bits per heavy atom. The van der Waals surface area contributed by atoms with Gasteiger partial charge in [0.15, 0.2) is 11.3 Å². The molecule has 0 aliphatic rings. The smallest absolute Gasteiger partial charge is 0.277 e. The third-order valence-electron chi connectivity index (χ3n) is 7.58. The second-order valence-electron chi connectivity index (χ2n) is 10.4. The Labute approximate surface area is 255 Å². The van der Waals surface area contributed by atoms with Crippen LogP contribution in [0, 0.1) is 5.21 Å². The van der Waals surface area contributed by atoms with Crippen LogP contribution in [0.3, 0.4) is 0 Å². The highest BCUT2D eigenvalue weighted by atomic mass is 35.5. The van der Waals surface area contributed by atoms with Crippen molar-refractivity contribution in [2.75, 3.05) is 13.1 Å². The van der Waals surface area contributed by atoms with Crippen molar-refractivity contribution >= 4 is 17.4 Å². The fraction of sp³-hybridized carbons (Fsp3) is 0.312. The number of benzene rings is 2. The number of hydrogen-bond acceptors (Lipinski definition) is 7. The molecule has 43 heavy (non-hydrogen) atoms. The van der Waals surface area contributed by atoms with E-state index in [4.69, 9.17) is 11.6 Å². The number of hydrogen-bond donors (Lipinski definition) is 1. The normalized spacial score (nSPS) is 11.4. The number of rotatable bonds is 13. The van der Waals surface area contributed by atoms with E-state index in [1.54, 1.807) is 6.07 Å². The number of aryl methyl sites for hydroxylation is 1. The Hall–Kier alpha value is -4.41. The van der Waals surface area contributed by atoms with Gasteiger partial charge in [-0.1, -0.05) is 81.3 Å². The lowest BCUT2D eigenvalue weighted by Gasteiger charge is -2.17. The monoisotopic (exact) mass is 598 g/mol. The highest BCUT2D eigenvalue weighted by Crippen LogP contribution is 2.32. The lowest BCUT2D eigenvalue weighted by Crippen LogP contribution is -2.36. The average molecular weight is 599 g/mol. The number of nitrogens with one attached hydrogen (secondary N) is 1. The van der Waals surface area contributed by atoms with Gasteiger partial charge in [0.05, 0.1) is 0 Å². The molecule has 3 heterocycles. The molecule has 10 nitrogen and oxygen atoms in total. The Balaban J connectivity index is 1.54. The average Bonchev–Trinajstić information content (AvgIpc) is 3.67. The summed E-state index contributed by atoms with van der Waals surface area (Å²) in [6, 6.07) is 19.4. The summed E-state index contributed by atoms with van der Waals surface area (Å²) in [6.45, 7) is 8.93. The first-order chi connectivity index (χ1) is 20.9. The summed E-state index contributed by atoms with van der Waals surface area (Å²) in [5.74, 6) is 0.687. The highest BCUT2D eigenvalue weighted by molar-refractivity contribution is 6.33. The predicted molar refractivity (Wildman–Crippen MR) is 165 cm³/mol. The van der Waals surface area contributed by atoms with Crippen LogP contribution in [0.2, 0.25) is 5.15 Å². The molecule has 0 aliphatic heterocycles. The first-order valence-electron chi connectivity index (χ1n) is 14.6. The summed E-state index contributed by atoms with van der Waals surface area (Å²) < 4.78 is 2.48. The molecule has 0 aliphatic carbocycles. The van der Waals surface area contributed by atoms with E-state index in [2.05, 4.69) is 51.3 Å². The number of pyridine rings is 1. The lowest BCUT2D eigenvalue weighted by molar-refractivity contribution is -0.608. The van der Waals surface area contributed by atoms with Crippen LogP contribution in [0.4, 0.5) is 0 Å². The number of imidazole rings is 1. The molecule has 222 valence electrons. The molecule has 0 fully saturated rings. The van der Waals surface area contributed by atoms with Crippen LogP contribution in [0.15, 0.2) is 66.9 Å². The second kappa shape index (κ2) is 13.7. The summed E-state index contributed by atoms with van der Waals surface area (Å²) in [7, 11) is 0. The fourth-order valence-electron chi connectivity index (χ4n) is 5.20. The number of carbonyl (C=O) groups excluding carboxylic acids is 1. The van der Waals surface area contributed by atoms with Crippen molar-refractivity contribution in [3.63, 3.8) is 0 Å². The van der Waals surface area contributed by atoms with Crippen molar-refractivity contribution in [3.05, 3.63) is 106 Å². The maximum absolute atomic E-state index is 13.9. The van der Waals surface area contributed by atoms with Gasteiger partial charge in [-0.15, -0.1) is 10.2 Å². The maximum atomic E-state index is 13.9. The lowest BCUT2D eigenvalue weighted by atomic mass is 9.97. The second-order valence-corrected chi connectivity index (χ2v) is 10.7. The first kappa shape index (κ1) is 30.1. The van der Waals surface area contributed by atoms with Crippen molar-refractivity contribution in [2.45, 2.75) is 53.1 Å². The molecule has 2 aromatic carbocycles. The topological polar surface area (TPSA) is 120 Å². The number of unbranched alkanes of at least 4 members (excludes halogenated alkanes) is 1. The van der Waals surface area contributed by atoms with Crippen LogP contribution in [0.25, 0.3) is 22.5 Å². The first-order valence-corrected chi connectivity index (χ1v) is 15.0. The standard InChI is InChI=1S/C32H35ClN8O2/c1-4-7-13-28-34-31(33)29(30(42)27-17-15-23(21-41(27)43)19-39(5-2)6-3)40(28)20-22-14-16-25(24-11-9-8-10-12-24)26(18-22)32-35-37-38-36-32/h8-12,14-18,21H,4-7,13,19-20H2,1-3H3,(H,35,36,37,38). The quantitative estimate of drug-likeness (QED) is 0.108. The number of H-pyrrole nitrogens is 1. The van der Waals surface area contributed by atoms with Crippen molar-refractivity contribution in [1.29, 1.82) is 0 Å². The molecular formula is C32H35ClN8O2. The van der Waals surface area contributed by atoms with Crippen LogP contribution in [-0.4, -0.2) is 53.9 Å². The molecule has 1 N–H and O–H groups in total.